The van der Waals surface area contributed by atoms with Gasteiger partial charge < -0.3 is 10.5 Å². The van der Waals surface area contributed by atoms with E-state index in [2.05, 4.69) is 13.8 Å². The van der Waals surface area contributed by atoms with Crippen LogP contribution in [0.5, 0.6) is 0 Å². The highest BCUT2D eigenvalue weighted by atomic mass is 16.5. The van der Waals surface area contributed by atoms with Crippen molar-refractivity contribution in [1.82, 2.24) is 0 Å². The molecule has 2 N–H and O–H groups in total. The Balaban J connectivity index is 1.73. The minimum absolute atomic E-state index is 0.485. The molecule has 0 radical (unpaired) electrons. The van der Waals surface area contributed by atoms with Crippen LogP contribution in [0.4, 0.5) is 0 Å². The summed E-state index contributed by atoms with van der Waals surface area (Å²) < 4.78 is 6.15. The Bertz CT molecular complexity index is 215. The summed E-state index contributed by atoms with van der Waals surface area (Å²) in [5.41, 5.74) is 6.14. The standard InChI is InChI=1S/C14H27NO/c1-11-7-12(2)9-13(8-11)16-10-14(3-4-14)5-6-15/h11-13H,3-10,15H2,1-2H3. The number of ether oxygens (including phenoxy) is 1. The molecular weight excluding hydrogens is 198 g/mol. The molecule has 2 saturated carbocycles. The van der Waals surface area contributed by atoms with E-state index in [1.165, 1.54) is 32.1 Å². The minimum Gasteiger partial charge on any atom is -0.378 e. The van der Waals surface area contributed by atoms with Crippen LogP contribution in [0.15, 0.2) is 0 Å². The van der Waals surface area contributed by atoms with Crippen LogP contribution in [0.1, 0.15) is 52.4 Å². The lowest BCUT2D eigenvalue weighted by Gasteiger charge is -2.32. The van der Waals surface area contributed by atoms with Crippen LogP contribution in [0, 0.1) is 17.3 Å². The highest BCUT2D eigenvalue weighted by molar-refractivity contribution is 4.93. The van der Waals surface area contributed by atoms with E-state index in [1.54, 1.807) is 0 Å². The molecule has 0 saturated heterocycles. The molecule has 2 rings (SSSR count). The molecule has 94 valence electrons. The summed E-state index contributed by atoms with van der Waals surface area (Å²) in [5.74, 6) is 1.69. The minimum atomic E-state index is 0.485. The first kappa shape index (κ1) is 12.4. The predicted molar refractivity (Wildman–Crippen MR) is 67.3 cm³/mol. The molecular formula is C14H27NO. The van der Waals surface area contributed by atoms with Crippen LogP contribution in [-0.2, 0) is 4.74 Å². The van der Waals surface area contributed by atoms with Gasteiger partial charge in [-0.25, -0.2) is 0 Å². The van der Waals surface area contributed by atoms with Crippen LogP contribution in [-0.4, -0.2) is 19.3 Å². The van der Waals surface area contributed by atoms with Crippen molar-refractivity contribution in [3.8, 4) is 0 Å². The van der Waals surface area contributed by atoms with Crippen molar-refractivity contribution < 1.29 is 4.74 Å². The van der Waals surface area contributed by atoms with Gasteiger partial charge in [0.25, 0.3) is 0 Å². The molecule has 0 amide bonds. The normalized spacial score (nSPS) is 37.3. The average molecular weight is 225 g/mol. The van der Waals surface area contributed by atoms with E-state index in [1.807, 2.05) is 0 Å². The molecule has 2 fully saturated rings. The monoisotopic (exact) mass is 225 g/mol. The first-order chi connectivity index (χ1) is 7.63. The highest BCUT2D eigenvalue weighted by Crippen LogP contribution is 2.49. The molecule has 2 nitrogen and oxygen atoms in total. The fourth-order valence-electron chi connectivity index (χ4n) is 3.25. The quantitative estimate of drug-likeness (QED) is 0.780. The van der Waals surface area contributed by atoms with E-state index in [0.29, 0.717) is 11.5 Å². The zero-order valence-corrected chi connectivity index (χ0v) is 10.9. The van der Waals surface area contributed by atoms with E-state index in [9.17, 15) is 0 Å². The Morgan fingerprint density at radius 3 is 2.25 bits per heavy atom. The van der Waals surface area contributed by atoms with E-state index in [0.717, 1.165) is 31.4 Å². The second kappa shape index (κ2) is 5.05. The Morgan fingerprint density at radius 1 is 1.12 bits per heavy atom. The Morgan fingerprint density at radius 2 is 1.75 bits per heavy atom. The van der Waals surface area contributed by atoms with Gasteiger partial charge in [-0.05, 0) is 62.3 Å². The Hall–Kier alpha value is -0.0800. The molecule has 0 heterocycles. The lowest BCUT2D eigenvalue weighted by Crippen LogP contribution is -2.29. The highest BCUT2D eigenvalue weighted by Gasteiger charge is 2.42. The summed E-state index contributed by atoms with van der Waals surface area (Å²) in [4.78, 5) is 0. The van der Waals surface area contributed by atoms with Crippen molar-refractivity contribution in [3.05, 3.63) is 0 Å². The molecule has 2 aliphatic rings. The summed E-state index contributed by atoms with van der Waals surface area (Å²) in [6, 6.07) is 0. The maximum absolute atomic E-state index is 6.15. The Kier molecular flexibility index (Phi) is 3.91. The van der Waals surface area contributed by atoms with Gasteiger partial charge in [-0.1, -0.05) is 13.8 Å². The molecule has 0 aromatic carbocycles. The van der Waals surface area contributed by atoms with Crippen molar-refractivity contribution in [2.24, 2.45) is 23.0 Å². The maximum Gasteiger partial charge on any atom is 0.0580 e. The van der Waals surface area contributed by atoms with Gasteiger partial charge in [-0.15, -0.1) is 0 Å². The van der Waals surface area contributed by atoms with Gasteiger partial charge in [-0.3, -0.25) is 0 Å². The zero-order chi connectivity index (χ0) is 11.6. The van der Waals surface area contributed by atoms with Gasteiger partial charge in [-0.2, -0.15) is 0 Å². The van der Waals surface area contributed by atoms with Gasteiger partial charge in [0.1, 0.15) is 0 Å². The predicted octanol–water partition coefficient (Wildman–Crippen LogP) is 2.96. The number of nitrogens with two attached hydrogens (primary N) is 1. The molecule has 2 atom stereocenters. The first-order valence-electron chi connectivity index (χ1n) is 6.95. The summed E-state index contributed by atoms with van der Waals surface area (Å²) in [5, 5.41) is 0. The average Bonchev–Trinajstić information content (AvgIpc) is 2.95. The fraction of sp³-hybridized carbons (Fsp3) is 1.00. The number of rotatable bonds is 5. The lowest BCUT2D eigenvalue weighted by molar-refractivity contribution is -0.0217. The third kappa shape index (κ3) is 3.21. The van der Waals surface area contributed by atoms with Gasteiger partial charge >= 0.3 is 0 Å². The summed E-state index contributed by atoms with van der Waals surface area (Å²) >= 11 is 0. The molecule has 0 aliphatic heterocycles. The van der Waals surface area contributed by atoms with Crippen LogP contribution < -0.4 is 5.73 Å². The van der Waals surface area contributed by atoms with E-state index in [-0.39, 0.29) is 0 Å². The van der Waals surface area contributed by atoms with Crippen LogP contribution in [0.2, 0.25) is 0 Å². The smallest absolute Gasteiger partial charge is 0.0580 e. The third-order valence-corrected chi connectivity index (χ3v) is 4.39. The fourth-order valence-corrected chi connectivity index (χ4v) is 3.25. The zero-order valence-electron chi connectivity index (χ0n) is 10.9. The van der Waals surface area contributed by atoms with E-state index in [4.69, 9.17) is 10.5 Å². The second-order valence-corrected chi connectivity index (χ2v) is 6.39. The van der Waals surface area contributed by atoms with E-state index >= 15 is 0 Å². The van der Waals surface area contributed by atoms with Crippen LogP contribution >= 0.6 is 0 Å². The summed E-state index contributed by atoms with van der Waals surface area (Å²) in [6.07, 6.45) is 8.27. The topological polar surface area (TPSA) is 35.2 Å². The molecule has 16 heavy (non-hydrogen) atoms. The maximum atomic E-state index is 6.15. The lowest BCUT2D eigenvalue weighted by atomic mass is 9.82. The molecule has 2 unspecified atom stereocenters. The van der Waals surface area contributed by atoms with Gasteiger partial charge in [0.15, 0.2) is 0 Å². The van der Waals surface area contributed by atoms with Gasteiger partial charge in [0, 0.05) is 0 Å². The molecule has 0 aromatic heterocycles. The third-order valence-electron chi connectivity index (χ3n) is 4.39. The van der Waals surface area contributed by atoms with Gasteiger partial charge in [0.05, 0.1) is 12.7 Å². The second-order valence-electron chi connectivity index (χ2n) is 6.39. The number of hydrogen-bond acceptors (Lipinski definition) is 2. The van der Waals surface area contributed by atoms with Crippen molar-refractivity contribution in [3.63, 3.8) is 0 Å². The van der Waals surface area contributed by atoms with Crippen molar-refractivity contribution in [2.75, 3.05) is 13.2 Å². The van der Waals surface area contributed by atoms with Crippen molar-refractivity contribution >= 4 is 0 Å². The number of hydrogen-bond donors (Lipinski definition) is 1. The molecule has 0 spiro atoms. The van der Waals surface area contributed by atoms with Crippen LogP contribution in [0.25, 0.3) is 0 Å². The molecule has 2 aliphatic carbocycles. The largest absolute Gasteiger partial charge is 0.378 e. The SMILES string of the molecule is CC1CC(C)CC(OCC2(CCN)CC2)C1. The molecule has 0 aromatic rings. The molecule has 2 heteroatoms. The van der Waals surface area contributed by atoms with Crippen molar-refractivity contribution in [2.45, 2.75) is 58.5 Å². The molecule has 0 bridgehead atoms. The Labute approximate surface area is 99.9 Å². The summed E-state index contributed by atoms with van der Waals surface area (Å²) in [7, 11) is 0. The first-order valence-corrected chi connectivity index (χ1v) is 6.95. The van der Waals surface area contributed by atoms with E-state index < -0.39 is 0 Å². The van der Waals surface area contributed by atoms with Gasteiger partial charge in [0.2, 0.25) is 0 Å². The summed E-state index contributed by atoms with van der Waals surface area (Å²) in [6.45, 7) is 6.51. The van der Waals surface area contributed by atoms with Crippen LogP contribution in [0.3, 0.4) is 0 Å². The van der Waals surface area contributed by atoms with Crippen molar-refractivity contribution in [1.29, 1.82) is 0 Å².